The topological polar surface area (TPSA) is 69.6 Å². The lowest BCUT2D eigenvalue weighted by molar-refractivity contribution is -0.121. The minimum Gasteiger partial charge on any atom is -0.508 e. The molecule has 0 spiro atoms. The van der Waals surface area contributed by atoms with Crippen LogP contribution in [0.2, 0.25) is 0 Å². The molecule has 0 heterocycles. The van der Waals surface area contributed by atoms with Gasteiger partial charge in [0.15, 0.2) is 17.5 Å². The molecule has 0 fully saturated rings. The minimum absolute atomic E-state index is 0.0675. The molecule has 0 aliphatic rings. The quantitative estimate of drug-likeness (QED) is 0.738. The van der Waals surface area contributed by atoms with Gasteiger partial charge in [-0.2, -0.15) is 0 Å². The molecule has 0 saturated carbocycles. The second-order valence-electron chi connectivity index (χ2n) is 4.91. The Balaban J connectivity index is 2.13. The summed E-state index contributed by atoms with van der Waals surface area (Å²) in [5.41, 5.74) is 0.257. The van der Waals surface area contributed by atoms with Crippen molar-refractivity contribution in [2.24, 2.45) is 0 Å². The Hall–Kier alpha value is -2.54. The zero-order valence-corrected chi connectivity index (χ0v) is 11.9. The van der Waals surface area contributed by atoms with Crippen molar-refractivity contribution in [3.63, 3.8) is 0 Å². The van der Waals surface area contributed by atoms with E-state index >= 15 is 0 Å². The molecule has 7 heteroatoms. The summed E-state index contributed by atoms with van der Waals surface area (Å²) in [5, 5.41) is 21.3. The van der Waals surface area contributed by atoms with Gasteiger partial charge in [0.05, 0.1) is 19.1 Å². The van der Waals surface area contributed by atoms with Gasteiger partial charge in [-0.15, -0.1) is 0 Å². The molecule has 1 atom stereocenters. The summed E-state index contributed by atoms with van der Waals surface area (Å²) in [6.07, 6.45) is -0.185. The molecule has 0 bridgehead atoms. The number of halogens is 3. The van der Waals surface area contributed by atoms with Gasteiger partial charge in [-0.05, 0) is 23.8 Å². The Bertz CT molecular complexity index is 698. The van der Waals surface area contributed by atoms with Gasteiger partial charge in [-0.3, -0.25) is 4.79 Å². The first-order valence-electron chi connectivity index (χ1n) is 6.74. The highest BCUT2D eigenvalue weighted by Gasteiger charge is 2.19. The molecule has 0 saturated heterocycles. The summed E-state index contributed by atoms with van der Waals surface area (Å²) < 4.78 is 39.4. The van der Waals surface area contributed by atoms with Crippen molar-refractivity contribution in [1.82, 2.24) is 5.32 Å². The standard InChI is InChI=1S/C16H14F3NO3/c17-11-5-10(6-12(18)16(11)19)13(8-21)20-15(23)7-9-3-1-2-4-14(9)22/h1-6,13,21-22H,7-8H2,(H,20,23). The number of aliphatic hydroxyl groups is 1. The fraction of sp³-hybridized carbons (Fsp3) is 0.188. The van der Waals surface area contributed by atoms with E-state index in [1.165, 1.54) is 6.07 Å². The molecule has 0 aliphatic carbocycles. The normalized spacial score (nSPS) is 12.0. The molecule has 1 unspecified atom stereocenters. The molecule has 2 aromatic carbocycles. The van der Waals surface area contributed by atoms with Gasteiger partial charge in [0, 0.05) is 5.56 Å². The fourth-order valence-electron chi connectivity index (χ4n) is 2.09. The lowest BCUT2D eigenvalue weighted by Crippen LogP contribution is -2.32. The van der Waals surface area contributed by atoms with E-state index in [0.29, 0.717) is 17.7 Å². The third kappa shape index (κ3) is 4.01. The highest BCUT2D eigenvalue weighted by atomic mass is 19.2. The van der Waals surface area contributed by atoms with E-state index in [1.54, 1.807) is 18.2 Å². The SMILES string of the molecule is O=C(Cc1ccccc1O)NC(CO)c1cc(F)c(F)c(F)c1. The van der Waals surface area contributed by atoms with Crippen LogP contribution in [0, 0.1) is 17.5 Å². The molecule has 23 heavy (non-hydrogen) atoms. The number of aliphatic hydroxyl groups excluding tert-OH is 1. The van der Waals surface area contributed by atoms with Crippen LogP contribution >= 0.6 is 0 Å². The molecule has 2 aromatic rings. The van der Waals surface area contributed by atoms with Crippen molar-refractivity contribution in [2.75, 3.05) is 6.61 Å². The summed E-state index contributed by atoms with van der Waals surface area (Å²) in [4.78, 5) is 11.9. The predicted molar refractivity (Wildman–Crippen MR) is 76.1 cm³/mol. The maximum Gasteiger partial charge on any atom is 0.225 e. The monoisotopic (exact) mass is 325 g/mol. The lowest BCUT2D eigenvalue weighted by Gasteiger charge is -2.17. The molecular formula is C16H14F3NO3. The fourth-order valence-corrected chi connectivity index (χ4v) is 2.09. The number of phenolic OH excluding ortho intramolecular Hbond substituents is 1. The minimum atomic E-state index is -1.62. The van der Waals surface area contributed by atoms with Crippen LogP contribution in [0.4, 0.5) is 13.2 Å². The molecule has 4 nitrogen and oxygen atoms in total. The molecule has 3 N–H and O–H groups in total. The first-order chi connectivity index (χ1) is 10.9. The van der Waals surface area contributed by atoms with Crippen LogP contribution in [0.15, 0.2) is 36.4 Å². The maximum absolute atomic E-state index is 13.2. The van der Waals surface area contributed by atoms with E-state index < -0.39 is 36.0 Å². The Morgan fingerprint density at radius 1 is 1.13 bits per heavy atom. The van der Waals surface area contributed by atoms with Gasteiger partial charge < -0.3 is 15.5 Å². The van der Waals surface area contributed by atoms with Crippen LogP contribution in [0.5, 0.6) is 5.75 Å². The van der Waals surface area contributed by atoms with Gasteiger partial charge in [0.1, 0.15) is 5.75 Å². The van der Waals surface area contributed by atoms with Crippen molar-refractivity contribution >= 4 is 5.91 Å². The number of hydrogen-bond donors (Lipinski definition) is 3. The van der Waals surface area contributed by atoms with E-state index in [4.69, 9.17) is 0 Å². The molecule has 0 aromatic heterocycles. The van der Waals surface area contributed by atoms with Crippen LogP contribution in [0.25, 0.3) is 0 Å². The molecule has 122 valence electrons. The number of phenols is 1. The van der Waals surface area contributed by atoms with Crippen LogP contribution < -0.4 is 5.32 Å². The van der Waals surface area contributed by atoms with Gasteiger partial charge in [-0.1, -0.05) is 18.2 Å². The molecular weight excluding hydrogens is 311 g/mol. The Kier molecular flexibility index (Phi) is 5.23. The number of aromatic hydroxyl groups is 1. The smallest absolute Gasteiger partial charge is 0.225 e. The van der Waals surface area contributed by atoms with E-state index in [0.717, 1.165) is 0 Å². The number of carbonyl (C=O) groups is 1. The van der Waals surface area contributed by atoms with E-state index in [2.05, 4.69) is 5.32 Å². The molecule has 0 radical (unpaired) electrons. The van der Waals surface area contributed by atoms with Gasteiger partial charge >= 0.3 is 0 Å². The molecule has 1 amide bonds. The molecule has 2 rings (SSSR count). The van der Waals surface area contributed by atoms with Crippen LogP contribution in [-0.2, 0) is 11.2 Å². The Morgan fingerprint density at radius 3 is 2.30 bits per heavy atom. The van der Waals surface area contributed by atoms with Crippen LogP contribution in [0.3, 0.4) is 0 Å². The Labute approximate surface area is 130 Å². The highest BCUT2D eigenvalue weighted by molar-refractivity contribution is 5.79. The zero-order valence-electron chi connectivity index (χ0n) is 11.9. The Morgan fingerprint density at radius 2 is 1.74 bits per heavy atom. The lowest BCUT2D eigenvalue weighted by atomic mass is 10.1. The van der Waals surface area contributed by atoms with Crippen molar-refractivity contribution in [2.45, 2.75) is 12.5 Å². The highest BCUT2D eigenvalue weighted by Crippen LogP contribution is 2.20. The number of benzene rings is 2. The number of nitrogens with one attached hydrogen (secondary N) is 1. The number of para-hydroxylation sites is 1. The molecule has 0 aliphatic heterocycles. The van der Waals surface area contributed by atoms with E-state index in [-0.39, 0.29) is 17.7 Å². The average Bonchev–Trinajstić information content (AvgIpc) is 2.52. The van der Waals surface area contributed by atoms with Gasteiger partial charge in [0.2, 0.25) is 5.91 Å². The number of hydrogen-bond acceptors (Lipinski definition) is 3. The summed E-state index contributed by atoms with van der Waals surface area (Å²) in [6.45, 7) is -0.628. The van der Waals surface area contributed by atoms with Gasteiger partial charge in [-0.25, -0.2) is 13.2 Å². The van der Waals surface area contributed by atoms with Crippen molar-refractivity contribution in [1.29, 1.82) is 0 Å². The number of amides is 1. The van der Waals surface area contributed by atoms with Crippen molar-refractivity contribution in [3.05, 3.63) is 65.0 Å². The third-order valence-electron chi connectivity index (χ3n) is 3.27. The second-order valence-corrected chi connectivity index (χ2v) is 4.91. The van der Waals surface area contributed by atoms with Gasteiger partial charge in [0.25, 0.3) is 0 Å². The first-order valence-corrected chi connectivity index (χ1v) is 6.74. The predicted octanol–water partition coefficient (Wildman–Crippen LogP) is 2.20. The largest absolute Gasteiger partial charge is 0.508 e. The number of rotatable bonds is 5. The summed E-state index contributed by atoms with van der Waals surface area (Å²) in [6, 6.07) is 6.50. The number of carbonyl (C=O) groups excluding carboxylic acids is 1. The summed E-state index contributed by atoms with van der Waals surface area (Å²) in [5.74, 6) is -5.08. The first kappa shape index (κ1) is 16.8. The summed E-state index contributed by atoms with van der Waals surface area (Å²) >= 11 is 0. The summed E-state index contributed by atoms with van der Waals surface area (Å²) in [7, 11) is 0. The third-order valence-corrected chi connectivity index (χ3v) is 3.27. The van der Waals surface area contributed by atoms with Crippen LogP contribution in [0.1, 0.15) is 17.2 Å². The van der Waals surface area contributed by atoms with E-state index in [9.17, 15) is 28.2 Å². The second kappa shape index (κ2) is 7.15. The van der Waals surface area contributed by atoms with Crippen LogP contribution in [-0.4, -0.2) is 22.7 Å². The average molecular weight is 325 g/mol. The van der Waals surface area contributed by atoms with E-state index in [1.807, 2.05) is 0 Å². The van der Waals surface area contributed by atoms with Crippen molar-refractivity contribution < 1.29 is 28.2 Å². The zero-order chi connectivity index (χ0) is 17.0. The van der Waals surface area contributed by atoms with Crippen molar-refractivity contribution in [3.8, 4) is 5.75 Å². The maximum atomic E-state index is 13.2.